The average Bonchev–Trinajstić information content (AvgIpc) is 2.98. The number of aryl methyl sites for hydroxylation is 2. The van der Waals surface area contributed by atoms with Gasteiger partial charge in [0.05, 0.1) is 11.6 Å². The Bertz CT molecular complexity index is 775. The van der Waals surface area contributed by atoms with Crippen molar-refractivity contribution in [3.8, 4) is 5.82 Å². The molecule has 1 fully saturated rings. The van der Waals surface area contributed by atoms with Crippen LogP contribution in [0, 0.1) is 19.8 Å². The van der Waals surface area contributed by atoms with Crippen molar-refractivity contribution in [2.45, 2.75) is 26.7 Å². The summed E-state index contributed by atoms with van der Waals surface area (Å²) in [5.41, 5.74) is 1.93. The number of nitrogens with zero attached hydrogens (tertiary/aromatic N) is 4. The molecule has 1 aliphatic rings. The molecule has 2 aromatic heterocycles. The molecule has 1 aliphatic heterocycles. The average molecular weight is 357 g/mol. The van der Waals surface area contributed by atoms with Gasteiger partial charge in [0.1, 0.15) is 5.82 Å². The Morgan fingerprint density at radius 2 is 2.15 bits per heavy atom. The van der Waals surface area contributed by atoms with Gasteiger partial charge in [0.25, 0.3) is 0 Å². The topological polar surface area (TPSA) is 114 Å². The molecule has 3 N–H and O–H groups in total. The summed E-state index contributed by atoms with van der Waals surface area (Å²) in [5.74, 6) is 1.13. The highest BCUT2D eigenvalue weighted by Crippen LogP contribution is 2.11. The zero-order valence-electron chi connectivity index (χ0n) is 15.0. The number of piperidine rings is 1. The van der Waals surface area contributed by atoms with E-state index in [0.29, 0.717) is 44.1 Å². The molecule has 1 saturated heterocycles. The molecule has 3 heterocycles. The fourth-order valence-electron chi connectivity index (χ4n) is 2.87. The van der Waals surface area contributed by atoms with Gasteiger partial charge in [0.2, 0.25) is 11.8 Å². The molecule has 138 valence electrons. The molecule has 2 aromatic rings. The van der Waals surface area contributed by atoms with Gasteiger partial charge in [-0.3, -0.25) is 9.59 Å². The molecule has 3 rings (SSSR count). The maximum absolute atomic E-state index is 12.0. The van der Waals surface area contributed by atoms with E-state index < -0.39 is 0 Å². The Balaban J connectivity index is 1.43. The highest BCUT2D eigenvalue weighted by Gasteiger charge is 2.23. The monoisotopic (exact) mass is 357 g/mol. The van der Waals surface area contributed by atoms with E-state index >= 15 is 0 Å². The van der Waals surface area contributed by atoms with E-state index in [-0.39, 0.29) is 17.7 Å². The smallest absolute Gasteiger partial charge is 0.224 e. The number of nitrogens with one attached hydrogen (secondary N) is 3. The van der Waals surface area contributed by atoms with E-state index in [1.54, 1.807) is 4.68 Å². The normalized spacial score (nSPS) is 16.8. The second kappa shape index (κ2) is 7.94. The standard InChI is InChI=1S/C17H23N7O2/c1-11-9-12(2)24(23-11)15-5-4-14(21-22-15)18-7-8-19-17(26)13-3-6-16(25)20-10-13/h4-5,9,13H,3,6-8,10H2,1-2H3,(H,18,21)(H,19,26)(H,20,25). The summed E-state index contributed by atoms with van der Waals surface area (Å²) in [6.07, 6.45) is 1.01. The molecule has 0 spiro atoms. The lowest BCUT2D eigenvalue weighted by atomic mass is 9.98. The van der Waals surface area contributed by atoms with Crippen LogP contribution in [0.2, 0.25) is 0 Å². The summed E-state index contributed by atoms with van der Waals surface area (Å²) in [5, 5.41) is 21.4. The molecule has 9 heteroatoms. The Hall–Kier alpha value is -2.97. The fraction of sp³-hybridized carbons (Fsp3) is 0.471. The van der Waals surface area contributed by atoms with Crippen LogP contribution in [0.4, 0.5) is 5.82 Å². The maximum Gasteiger partial charge on any atom is 0.224 e. The van der Waals surface area contributed by atoms with E-state index in [2.05, 4.69) is 31.2 Å². The van der Waals surface area contributed by atoms with Crippen LogP contribution in [0.1, 0.15) is 24.2 Å². The minimum absolute atomic E-state index is 0.0122. The Morgan fingerprint density at radius 3 is 2.77 bits per heavy atom. The van der Waals surface area contributed by atoms with Crippen molar-refractivity contribution in [2.24, 2.45) is 5.92 Å². The second-order valence-electron chi connectivity index (χ2n) is 6.37. The van der Waals surface area contributed by atoms with Gasteiger partial charge in [-0.25, -0.2) is 4.68 Å². The third-order valence-electron chi connectivity index (χ3n) is 4.24. The zero-order chi connectivity index (χ0) is 18.5. The first-order valence-corrected chi connectivity index (χ1v) is 8.68. The van der Waals surface area contributed by atoms with Gasteiger partial charge in [-0.15, -0.1) is 10.2 Å². The van der Waals surface area contributed by atoms with E-state index in [0.717, 1.165) is 11.4 Å². The Kier molecular flexibility index (Phi) is 5.45. The lowest BCUT2D eigenvalue weighted by Crippen LogP contribution is -2.43. The minimum Gasteiger partial charge on any atom is -0.367 e. The number of rotatable bonds is 6. The molecule has 0 aliphatic carbocycles. The van der Waals surface area contributed by atoms with Crippen molar-refractivity contribution in [1.29, 1.82) is 0 Å². The largest absolute Gasteiger partial charge is 0.367 e. The molecule has 0 bridgehead atoms. The molecule has 1 unspecified atom stereocenters. The van der Waals surface area contributed by atoms with Gasteiger partial charge < -0.3 is 16.0 Å². The fourth-order valence-corrected chi connectivity index (χ4v) is 2.87. The highest BCUT2D eigenvalue weighted by molar-refractivity contribution is 5.83. The first kappa shape index (κ1) is 17.8. The van der Waals surface area contributed by atoms with Crippen LogP contribution in [0.15, 0.2) is 18.2 Å². The Labute approximate surface area is 151 Å². The number of hydrogen-bond donors (Lipinski definition) is 3. The predicted molar refractivity (Wildman–Crippen MR) is 95.9 cm³/mol. The number of amides is 2. The summed E-state index contributed by atoms with van der Waals surface area (Å²) in [4.78, 5) is 23.1. The summed E-state index contributed by atoms with van der Waals surface area (Å²) in [7, 11) is 0. The van der Waals surface area contributed by atoms with Crippen LogP contribution in [0.5, 0.6) is 0 Å². The molecule has 1 atom stereocenters. The van der Waals surface area contributed by atoms with E-state index in [1.165, 1.54) is 0 Å². The van der Waals surface area contributed by atoms with Gasteiger partial charge in [-0.1, -0.05) is 0 Å². The number of aromatic nitrogens is 4. The second-order valence-corrected chi connectivity index (χ2v) is 6.37. The van der Waals surface area contributed by atoms with E-state index in [4.69, 9.17) is 0 Å². The quantitative estimate of drug-likeness (QED) is 0.642. The molecule has 0 aromatic carbocycles. The van der Waals surface area contributed by atoms with Gasteiger partial charge in [-0.2, -0.15) is 5.10 Å². The molecule has 9 nitrogen and oxygen atoms in total. The van der Waals surface area contributed by atoms with Crippen molar-refractivity contribution in [3.05, 3.63) is 29.6 Å². The van der Waals surface area contributed by atoms with Gasteiger partial charge in [0, 0.05) is 31.7 Å². The van der Waals surface area contributed by atoms with Crippen LogP contribution >= 0.6 is 0 Å². The first-order valence-electron chi connectivity index (χ1n) is 8.68. The maximum atomic E-state index is 12.0. The summed E-state index contributed by atoms with van der Waals surface area (Å²) >= 11 is 0. The zero-order valence-corrected chi connectivity index (χ0v) is 15.0. The molecule has 2 amide bonds. The Morgan fingerprint density at radius 1 is 1.31 bits per heavy atom. The van der Waals surface area contributed by atoms with Crippen molar-refractivity contribution in [3.63, 3.8) is 0 Å². The van der Waals surface area contributed by atoms with Gasteiger partial charge in [0.15, 0.2) is 5.82 Å². The number of carbonyl (C=O) groups excluding carboxylic acids is 2. The molecule has 0 radical (unpaired) electrons. The van der Waals surface area contributed by atoms with Crippen LogP contribution in [0.3, 0.4) is 0 Å². The molecular formula is C17H23N7O2. The van der Waals surface area contributed by atoms with Crippen LogP contribution < -0.4 is 16.0 Å². The predicted octanol–water partition coefficient (Wildman–Crippen LogP) is 0.333. The lowest BCUT2D eigenvalue weighted by molar-refractivity contribution is -0.128. The summed E-state index contributed by atoms with van der Waals surface area (Å²) in [6, 6.07) is 5.66. The third-order valence-corrected chi connectivity index (χ3v) is 4.24. The lowest BCUT2D eigenvalue weighted by Gasteiger charge is -2.21. The van der Waals surface area contributed by atoms with Crippen molar-refractivity contribution < 1.29 is 9.59 Å². The number of anilines is 1. The van der Waals surface area contributed by atoms with Crippen LogP contribution in [-0.4, -0.2) is 51.4 Å². The van der Waals surface area contributed by atoms with Crippen molar-refractivity contribution in [1.82, 2.24) is 30.6 Å². The molecular weight excluding hydrogens is 334 g/mol. The van der Waals surface area contributed by atoms with Crippen LogP contribution in [0.25, 0.3) is 5.82 Å². The molecule has 26 heavy (non-hydrogen) atoms. The van der Waals surface area contributed by atoms with Gasteiger partial charge in [-0.05, 0) is 38.5 Å². The minimum atomic E-state index is -0.146. The van der Waals surface area contributed by atoms with E-state index in [9.17, 15) is 9.59 Å². The SMILES string of the molecule is Cc1cc(C)n(-c2ccc(NCCNC(=O)C3CCC(=O)NC3)nn2)n1. The first-order chi connectivity index (χ1) is 12.5. The van der Waals surface area contributed by atoms with Gasteiger partial charge >= 0.3 is 0 Å². The summed E-state index contributed by atoms with van der Waals surface area (Å²) in [6.45, 7) is 5.33. The number of carbonyl (C=O) groups is 2. The van der Waals surface area contributed by atoms with E-state index in [1.807, 2.05) is 32.0 Å². The number of hydrogen-bond acceptors (Lipinski definition) is 6. The summed E-state index contributed by atoms with van der Waals surface area (Å²) < 4.78 is 1.75. The molecule has 0 saturated carbocycles. The van der Waals surface area contributed by atoms with Crippen molar-refractivity contribution in [2.75, 3.05) is 25.0 Å². The van der Waals surface area contributed by atoms with Crippen LogP contribution in [-0.2, 0) is 9.59 Å². The third kappa shape index (κ3) is 4.35. The van der Waals surface area contributed by atoms with Crippen molar-refractivity contribution >= 4 is 17.6 Å². The highest BCUT2D eigenvalue weighted by atomic mass is 16.2.